The van der Waals surface area contributed by atoms with Crippen LogP contribution in [0.5, 0.6) is 0 Å². The fourth-order valence-electron chi connectivity index (χ4n) is 3.68. The second kappa shape index (κ2) is 9.78. The number of amides is 1. The zero-order valence-electron chi connectivity index (χ0n) is 17.3. The number of carbonyl (C=O) groups is 1. The van der Waals surface area contributed by atoms with E-state index in [1.807, 2.05) is 30.3 Å². The maximum atomic E-state index is 13.3. The number of rotatable bonds is 6. The van der Waals surface area contributed by atoms with Gasteiger partial charge in [0.1, 0.15) is 0 Å². The standard InChI is InChI=1S/C22H27N3O5S/c26-22(24-8-12-29-13-9-24)20-16-19(31(27,28)25-10-14-30-15-11-25)6-7-21(20)23-17-18-4-2-1-3-5-18/h1-7,16,23H,8-15,17H2. The van der Waals surface area contributed by atoms with Gasteiger partial charge in [-0.3, -0.25) is 4.79 Å². The predicted molar refractivity (Wildman–Crippen MR) is 117 cm³/mol. The number of hydrogen-bond acceptors (Lipinski definition) is 6. The molecule has 4 rings (SSSR count). The average molecular weight is 446 g/mol. The minimum atomic E-state index is -3.70. The van der Waals surface area contributed by atoms with Crippen LogP contribution in [0.1, 0.15) is 15.9 Å². The number of sulfonamides is 1. The van der Waals surface area contributed by atoms with Crippen LogP contribution < -0.4 is 5.32 Å². The molecule has 0 spiro atoms. The van der Waals surface area contributed by atoms with Crippen LogP contribution in [0, 0.1) is 0 Å². The molecule has 166 valence electrons. The van der Waals surface area contributed by atoms with Gasteiger partial charge >= 0.3 is 0 Å². The highest BCUT2D eigenvalue weighted by Gasteiger charge is 2.29. The van der Waals surface area contributed by atoms with E-state index in [0.29, 0.717) is 70.4 Å². The molecular formula is C22H27N3O5S. The van der Waals surface area contributed by atoms with Crippen LogP contribution in [0.4, 0.5) is 5.69 Å². The Hall–Kier alpha value is -2.46. The Labute approximate surface area is 182 Å². The minimum absolute atomic E-state index is 0.122. The van der Waals surface area contributed by atoms with Crippen molar-refractivity contribution in [1.82, 2.24) is 9.21 Å². The van der Waals surface area contributed by atoms with Crippen molar-refractivity contribution in [3.05, 3.63) is 59.7 Å². The molecule has 2 aliphatic rings. The molecule has 9 heteroatoms. The van der Waals surface area contributed by atoms with Crippen molar-refractivity contribution in [2.45, 2.75) is 11.4 Å². The van der Waals surface area contributed by atoms with Gasteiger partial charge in [0.2, 0.25) is 10.0 Å². The lowest BCUT2D eigenvalue weighted by molar-refractivity contribution is 0.0303. The highest BCUT2D eigenvalue weighted by Crippen LogP contribution is 2.26. The van der Waals surface area contributed by atoms with E-state index in [0.717, 1.165) is 5.56 Å². The number of nitrogens with zero attached hydrogens (tertiary/aromatic N) is 2. The Morgan fingerprint density at radius 2 is 1.55 bits per heavy atom. The molecule has 0 saturated carbocycles. The molecule has 0 aliphatic carbocycles. The van der Waals surface area contributed by atoms with Crippen molar-refractivity contribution in [1.29, 1.82) is 0 Å². The fourth-order valence-corrected chi connectivity index (χ4v) is 5.12. The summed E-state index contributed by atoms with van der Waals surface area (Å²) in [7, 11) is -3.70. The maximum absolute atomic E-state index is 13.3. The number of morpholine rings is 2. The molecule has 2 aromatic carbocycles. The lowest BCUT2D eigenvalue weighted by atomic mass is 10.1. The number of anilines is 1. The van der Waals surface area contributed by atoms with Crippen molar-refractivity contribution in [2.75, 3.05) is 57.9 Å². The van der Waals surface area contributed by atoms with E-state index >= 15 is 0 Å². The zero-order valence-corrected chi connectivity index (χ0v) is 18.1. The summed E-state index contributed by atoms with van der Waals surface area (Å²) in [5, 5.41) is 3.30. The third kappa shape index (κ3) is 5.07. The van der Waals surface area contributed by atoms with E-state index in [2.05, 4.69) is 5.32 Å². The second-order valence-electron chi connectivity index (χ2n) is 7.47. The fraction of sp³-hybridized carbons (Fsp3) is 0.409. The SMILES string of the molecule is O=C(c1cc(S(=O)(=O)N2CCOCC2)ccc1NCc1ccccc1)N1CCOCC1. The average Bonchev–Trinajstić information content (AvgIpc) is 2.84. The van der Waals surface area contributed by atoms with Crippen LogP contribution in [-0.4, -0.2) is 76.1 Å². The molecule has 0 atom stereocenters. The number of nitrogens with one attached hydrogen (secondary N) is 1. The first-order chi connectivity index (χ1) is 15.1. The van der Waals surface area contributed by atoms with Gasteiger partial charge in [-0.15, -0.1) is 0 Å². The van der Waals surface area contributed by atoms with Gasteiger partial charge in [-0.05, 0) is 23.8 Å². The van der Waals surface area contributed by atoms with Crippen LogP contribution in [0.3, 0.4) is 0 Å². The molecule has 0 aromatic heterocycles. The van der Waals surface area contributed by atoms with Crippen molar-refractivity contribution < 1.29 is 22.7 Å². The normalized spacial score (nSPS) is 18.0. The van der Waals surface area contributed by atoms with Gasteiger partial charge in [-0.1, -0.05) is 30.3 Å². The third-order valence-corrected chi connectivity index (χ3v) is 7.35. The third-order valence-electron chi connectivity index (χ3n) is 5.45. The van der Waals surface area contributed by atoms with Gasteiger partial charge in [-0.25, -0.2) is 8.42 Å². The molecule has 2 aromatic rings. The largest absolute Gasteiger partial charge is 0.380 e. The molecule has 1 N–H and O–H groups in total. The Morgan fingerprint density at radius 3 is 2.23 bits per heavy atom. The van der Waals surface area contributed by atoms with Gasteiger partial charge < -0.3 is 19.7 Å². The Morgan fingerprint density at radius 1 is 0.903 bits per heavy atom. The smallest absolute Gasteiger partial charge is 0.256 e. The maximum Gasteiger partial charge on any atom is 0.256 e. The molecule has 2 saturated heterocycles. The summed E-state index contributed by atoms with van der Waals surface area (Å²) < 4.78 is 38.3. The van der Waals surface area contributed by atoms with Crippen molar-refractivity contribution in [2.24, 2.45) is 0 Å². The molecule has 2 heterocycles. The first-order valence-corrected chi connectivity index (χ1v) is 11.9. The molecule has 1 amide bonds. The monoisotopic (exact) mass is 445 g/mol. The van der Waals surface area contributed by atoms with Crippen LogP contribution in [-0.2, 0) is 26.0 Å². The topological polar surface area (TPSA) is 88.2 Å². The molecular weight excluding hydrogens is 418 g/mol. The van der Waals surface area contributed by atoms with E-state index in [1.54, 1.807) is 17.0 Å². The summed E-state index contributed by atoms with van der Waals surface area (Å²) in [6.07, 6.45) is 0. The summed E-state index contributed by atoms with van der Waals surface area (Å²) in [6.45, 7) is 3.81. The van der Waals surface area contributed by atoms with E-state index in [1.165, 1.54) is 10.4 Å². The van der Waals surface area contributed by atoms with E-state index in [4.69, 9.17) is 9.47 Å². The van der Waals surface area contributed by atoms with Gasteiger partial charge in [-0.2, -0.15) is 4.31 Å². The number of benzene rings is 2. The van der Waals surface area contributed by atoms with E-state index < -0.39 is 10.0 Å². The number of ether oxygens (including phenoxy) is 2. The van der Waals surface area contributed by atoms with Crippen LogP contribution in [0.15, 0.2) is 53.4 Å². The molecule has 2 aliphatic heterocycles. The summed E-state index contributed by atoms with van der Waals surface area (Å²) in [5.41, 5.74) is 2.03. The van der Waals surface area contributed by atoms with Gasteiger partial charge in [0.05, 0.1) is 36.9 Å². The lowest BCUT2D eigenvalue weighted by Gasteiger charge is -2.29. The number of carbonyl (C=O) groups excluding carboxylic acids is 1. The van der Waals surface area contributed by atoms with Crippen molar-refractivity contribution >= 4 is 21.6 Å². The molecule has 8 nitrogen and oxygen atoms in total. The van der Waals surface area contributed by atoms with Crippen molar-refractivity contribution in [3.8, 4) is 0 Å². The van der Waals surface area contributed by atoms with Gasteiger partial charge in [0, 0.05) is 38.4 Å². The Kier molecular flexibility index (Phi) is 6.86. The van der Waals surface area contributed by atoms with Crippen LogP contribution in [0.25, 0.3) is 0 Å². The summed E-state index contributed by atoms with van der Waals surface area (Å²) >= 11 is 0. The molecule has 2 fully saturated rings. The van der Waals surface area contributed by atoms with Crippen LogP contribution in [0.2, 0.25) is 0 Å². The summed E-state index contributed by atoms with van der Waals surface area (Å²) in [4.78, 5) is 15.1. The molecule has 0 bridgehead atoms. The highest BCUT2D eigenvalue weighted by molar-refractivity contribution is 7.89. The predicted octanol–water partition coefficient (Wildman–Crippen LogP) is 1.79. The summed E-state index contributed by atoms with van der Waals surface area (Å²) in [5.74, 6) is -0.196. The van der Waals surface area contributed by atoms with Crippen molar-refractivity contribution in [3.63, 3.8) is 0 Å². The Balaban J connectivity index is 1.64. The van der Waals surface area contributed by atoms with Gasteiger partial charge in [0.25, 0.3) is 5.91 Å². The first-order valence-electron chi connectivity index (χ1n) is 10.4. The van der Waals surface area contributed by atoms with Gasteiger partial charge in [0.15, 0.2) is 0 Å². The Bertz CT molecular complexity index is 1000. The molecule has 0 unspecified atom stereocenters. The molecule has 31 heavy (non-hydrogen) atoms. The second-order valence-corrected chi connectivity index (χ2v) is 9.41. The van der Waals surface area contributed by atoms with E-state index in [9.17, 15) is 13.2 Å². The zero-order chi connectivity index (χ0) is 21.7. The first kappa shape index (κ1) is 21.8. The minimum Gasteiger partial charge on any atom is -0.380 e. The highest BCUT2D eigenvalue weighted by atomic mass is 32.2. The quantitative estimate of drug-likeness (QED) is 0.730. The number of hydrogen-bond donors (Lipinski definition) is 1. The summed E-state index contributed by atoms with van der Waals surface area (Å²) in [6, 6.07) is 14.6. The van der Waals surface area contributed by atoms with E-state index in [-0.39, 0.29) is 10.8 Å². The lowest BCUT2D eigenvalue weighted by Crippen LogP contribution is -2.41. The molecule has 0 radical (unpaired) electrons. The van der Waals surface area contributed by atoms with Crippen LogP contribution >= 0.6 is 0 Å².